The summed E-state index contributed by atoms with van der Waals surface area (Å²) in [7, 11) is 2.05. The minimum atomic E-state index is 0.466. The predicted molar refractivity (Wildman–Crippen MR) is 69.6 cm³/mol. The summed E-state index contributed by atoms with van der Waals surface area (Å²) in [5, 5.41) is 5.50. The molecule has 0 amide bonds. The average molecular weight is 225 g/mol. The lowest BCUT2D eigenvalue weighted by Gasteiger charge is -2.29. The van der Waals surface area contributed by atoms with Gasteiger partial charge in [0.2, 0.25) is 0 Å². The first-order chi connectivity index (χ1) is 7.20. The van der Waals surface area contributed by atoms with Gasteiger partial charge >= 0.3 is 0 Å². The summed E-state index contributed by atoms with van der Waals surface area (Å²) in [6.07, 6.45) is 5.12. The van der Waals surface area contributed by atoms with E-state index in [1.807, 2.05) is 11.3 Å². The molecule has 0 aromatic carbocycles. The van der Waals surface area contributed by atoms with Crippen LogP contribution in [0.25, 0.3) is 0 Å². The minimum Gasteiger partial charge on any atom is -0.319 e. The molecule has 0 saturated carbocycles. The van der Waals surface area contributed by atoms with Crippen molar-refractivity contribution < 1.29 is 0 Å². The smallest absolute Gasteiger partial charge is 0.00454 e. The molecule has 1 atom stereocenters. The Bertz CT molecular complexity index is 248. The first-order valence-electron chi connectivity index (χ1n) is 5.87. The zero-order chi connectivity index (χ0) is 11.1. The SMILES string of the molecule is CCCC(C)(CCc1cccs1)CNC. The molecular formula is C13H23NS. The van der Waals surface area contributed by atoms with Crippen LogP contribution in [0, 0.1) is 5.41 Å². The maximum atomic E-state index is 3.33. The summed E-state index contributed by atoms with van der Waals surface area (Å²) >= 11 is 1.88. The second kappa shape index (κ2) is 6.29. The van der Waals surface area contributed by atoms with Crippen molar-refractivity contribution in [2.24, 2.45) is 5.41 Å². The van der Waals surface area contributed by atoms with E-state index >= 15 is 0 Å². The summed E-state index contributed by atoms with van der Waals surface area (Å²) in [4.78, 5) is 1.52. The van der Waals surface area contributed by atoms with Gasteiger partial charge in [0.1, 0.15) is 0 Å². The molecule has 0 spiro atoms. The Balaban J connectivity index is 2.43. The van der Waals surface area contributed by atoms with Crippen LogP contribution in [0.4, 0.5) is 0 Å². The van der Waals surface area contributed by atoms with E-state index in [0.717, 1.165) is 6.54 Å². The van der Waals surface area contributed by atoms with Crippen molar-refractivity contribution in [1.29, 1.82) is 0 Å². The van der Waals surface area contributed by atoms with Gasteiger partial charge in [-0.1, -0.05) is 26.3 Å². The molecule has 0 bridgehead atoms. The number of aryl methyl sites for hydroxylation is 1. The molecule has 15 heavy (non-hydrogen) atoms. The Kier molecular flexibility index (Phi) is 5.34. The molecule has 1 aromatic heterocycles. The largest absolute Gasteiger partial charge is 0.319 e. The van der Waals surface area contributed by atoms with Gasteiger partial charge in [-0.05, 0) is 43.2 Å². The second-order valence-corrected chi connectivity index (χ2v) is 5.70. The van der Waals surface area contributed by atoms with E-state index in [1.54, 1.807) is 0 Å². The highest BCUT2D eigenvalue weighted by molar-refractivity contribution is 7.09. The van der Waals surface area contributed by atoms with E-state index in [9.17, 15) is 0 Å². The zero-order valence-corrected chi connectivity index (χ0v) is 11.0. The number of nitrogens with one attached hydrogen (secondary N) is 1. The van der Waals surface area contributed by atoms with Crippen LogP contribution in [-0.4, -0.2) is 13.6 Å². The van der Waals surface area contributed by atoms with Gasteiger partial charge in [-0.25, -0.2) is 0 Å². The molecule has 0 saturated heterocycles. The van der Waals surface area contributed by atoms with Gasteiger partial charge in [0.05, 0.1) is 0 Å². The summed E-state index contributed by atoms with van der Waals surface area (Å²) < 4.78 is 0. The van der Waals surface area contributed by atoms with Gasteiger partial charge in [-0.2, -0.15) is 0 Å². The van der Waals surface area contributed by atoms with Gasteiger partial charge in [0, 0.05) is 11.4 Å². The maximum absolute atomic E-state index is 3.33. The van der Waals surface area contributed by atoms with Crippen LogP contribution >= 0.6 is 11.3 Å². The first kappa shape index (κ1) is 12.7. The Labute approximate surface area is 97.9 Å². The normalized spacial score (nSPS) is 15.1. The lowest BCUT2D eigenvalue weighted by Crippen LogP contribution is -2.30. The van der Waals surface area contributed by atoms with E-state index in [-0.39, 0.29) is 0 Å². The summed E-state index contributed by atoms with van der Waals surface area (Å²) in [5.41, 5.74) is 0.466. The van der Waals surface area contributed by atoms with Crippen molar-refractivity contribution in [2.75, 3.05) is 13.6 Å². The van der Waals surface area contributed by atoms with Crippen LogP contribution in [0.3, 0.4) is 0 Å². The summed E-state index contributed by atoms with van der Waals surface area (Å²) in [6, 6.07) is 4.39. The quantitative estimate of drug-likeness (QED) is 0.746. The fourth-order valence-electron chi connectivity index (χ4n) is 2.21. The van der Waals surface area contributed by atoms with Crippen LogP contribution < -0.4 is 5.32 Å². The number of rotatable bonds is 7. The molecule has 1 rings (SSSR count). The summed E-state index contributed by atoms with van der Waals surface area (Å²) in [6.45, 7) is 5.81. The van der Waals surface area contributed by atoms with Gasteiger partial charge in [-0.15, -0.1) is 11.3 Å². The number of hydrogen-bond acceptors (Lipinski definition) is 2. The van der Waals surface area contributed by atoms with Crippen molar-refractivity contribution in [3.63, 3.8) is 0 Å². The first-order valence-corrected chi connectivity index (χ1v) is 6.75. The van der Waals surface area contributed by atoms with Gasteiger partial charge in [0.25, 0.3) is 0 Å². The standard InChI is InChI=1S/C13H23NS/c1-4-8-13(2,11-14-3)9-7-12-6-5-10-15-12/h5-6,10,14H,4,7-9,11H2,1-3H3. The molecule has 0 radical (unpaired) electrons. The summed E-state index contributed by atoms with van der Waals surface area (Å²) in [5.74, 6) is 0. The molecule has 1 heterocycles. The van der Waals surface area contributed by atoms with E-state index < -0.39 is 0 Å². The van der Waals surface area contributed by atoms with E-state index in [1.165, 1.54) is 30.6 Å². The average Bonchev–Trinajstić information content (AvgIpc) is 2.68. The second-order valence-electron chi connectivity index (χ2n) is 4.67. The Morgan fingerprint density at radius 3 is 2.73 bits per heavy atom. The van der Waals surface area contributed by atoms with Crippen LogP contribution in [0.5, 0.6) is 0 Å². The van der Waals surface area contributed by atoms with E-state index in [0.29, 0.717) is 5.41 Å². The zero-order valence-electron chi connectivity index (χ0n) is 10.2. The highest BCUT2D eigenvalue weighted by Crippen LogP contribution is 2.29. The molecule has 2 heteroatoms. The van der Waals surface area contributed by atoms with Crippen molar-refractivity contribution in [3.05, 3.63) is 22.4 Å². The monoisotopic (exact) mass is 225 g/mol. The van der Waals surface area contributed by atoms with Crippen LogP contribution in [-0.2, 0) is 6.42 Å². The van der Waals surface area contributed by atoms with E-state index in [4.69, 9.17) is 0 Å². The lowest BCUT2D eigenvalue weighted by molar-refractivity contribution is 0.263. The predicted octanol–water partition coefficient (Wildman–Crippen LogP) is 3.71. The third-order valence-corrected chi connectivity index (χ3v) is 3.95. The lowest BCUT2D eigenvalue weighted by atomic mass is 9.81. The molecule has 0 aliphatic heterocycles. The molecule has 1 nitrogen and oxygen atoms in total. The topological polar surface area (TPSA) is 12.0 Å². The van der Waals surface area contributed by atoms with Crippen LogP contribution in [0.2, 0.25) is 0 Å². The number of hydrogen-bond donors (Lipinski definition) is 1. The van der Waals surface area contributed by atoms with E-state index in [2.05, 4.69) is 43.7 Å². The third-order valence-electron chi connectivity index (χ3n) is 3.01. The van der Waals surface area contributed by atoms with Crippen molar-refractivity contribution in [2.45, 2.75) is 39.5 Å². The Hall–Kier alpha value is -0.340. The van der Waals surface area contributed by atoms with Gasteiger partial charge in [-0.3, -0.25) is 0 Å². The van der Waals surface area contributed by atoms with Crippen molar-refractivity contribution in [3.8, 4) is 0 Å². The fourth-order valence-corrected chi connectivity index (χ4v) is 2.92. The maximum Gasteiger partial charge on any atom is 0.00454 e. The molecule has 1 N–H and O–H groups in total. The molecule has 0 fully saturated rings. The Morgan fingerprint density at radius 1 is 1.40 bits per heavy atom. The van der Waals surface area contributed by atoms with Crippen LogP contribution in [0.1, 0.15) is 38.0 Å². The van der Waals surface area contributed by atoms with Crippen molar-refractivity contribution in [1.82, 2.24) is 5.32 Å². The fraction of sp³-hybridized carbons (Fsp3) is 0.692. The molecular weight excluding hydrogens is 202 g/mol. The Morgan fingerprint density at radius 2 is 2.20 bits per heavy atom. The minimum absolute atomic E-state index is 0.466. The molecule has 1 aromatic rings. The molecule has 0 aliphatic carbocycles. The van der Waals surface area contributed by atoms with Gasteiger partial charge < -0.3 is 5.32 Å². The highest BCUT2D eigenvalue weighted by Gasteiger charge is 2.22. The highest BCUT2D eigenvalue weighted by atomic mass is 32.1. The number of thiophene rings is 1. The van der Waals surface area contributed by atoms with Crippen molar-refractivity contribution >= 4 is 11.3 Å². The molecule has 86 valence electrons. The van der Waals surface area contributed by atoms with Crippen LogP contribution in [0.15, 0.2) is 17.5 Å². The van der Waals surface area contributed by atoms with Gasteiger partial charge in [0.15, 0.2) is 0 Å². The third kappa shape index (κ3) is 4.35. The molecule has 1 unspecified atom stereocenters. The molecule has 0 aliphatic rings.